The van der Waals surface area contributed by atoms with Crippen molar-refractivity contribution >= 4 is 46.8 Å². The fraction of sp³-hybridized carbons (Fsp3) is 0.158. The monoisotopic (exact) mass is 409 g/mol. The molecule has 0 atom stereocenters. The number of esters is 1. The molecule has 0 aliphatic heterocycles. The van der Waals surface area contributed by atoms with Crippen molar-refractivity contribution in [3.63, 3.8) is 0 Å². The van der Waals surface area contributed by atoms with E-state index in [1.54, 1.807) is 37.4 Å². The molecule has 0 saturated carbocycles. The average molecular weight is 410 g/mol. The van der Waals surface area contributed by atoms with Crippen LogP contribution < -0.4 is 14.8 Å². The summed E-state index contributed by atoms with van der Waals surface area (Å²) in [6.07, 6.45) is 2.72. The maximum Gasteiger partial charge on any atom is 0.331 e. The molecule has 0 aromatic heterocycles. The number of hydrogen-bond acceptors (Lipinski definition) is 5. The third-order valence-corrected chi connectivity index (χ3v) is 3.95. The minimum atomic E-state index is -0.680. The molecular formula is C19H17Cl2NO5. The van der Waals surface area contributed by atoms with E-state index in [1.807, 2.05) is 0 Å². The number of hydrogen-bond donors (Lipinski definition) is 1. The minimum Gasteiger partial charge on any atom is -0.497 e. The van der Waals surface area contributed by atoms with Gasteiger partial charge in [-0.3, -0.25) is 4.79 Å². The van der Waals surface area contributed by atoms with Crippen LogP contribution >= 0.6 is 23.2 Å². The molecule has 0 spiro atoms. The summed E-state index contributed by atoms with van der Waals surface area (Å²) in [6, 6.07) is 9.80. The molecule has 0 saturated heterocycles. The molecule has 0 heterocycles. The van der Waals surface area contributed by atoms with Crippen molar-refractivity contribution in [3.8, 4) is 11.5 Å². The van der Waals surface area contributed by atoms with Crippen molar-refractivity contribution in [2.24, 2.45) is 0 Å². The summed E-state index contributed by atoms with van der Waals surface area (Å²) >= 11 is 11.8. The lowest BCUT2D eigenvalue weighted by molar-refractivity contribution is -0.142. The second kappa shape index (κ2) is 9.85. The van der Waals surface area contributed by atoms with Crippen LogP contribution in [0.5, 0.6) is 11.5 Å². The topological polar surface area (TPSA) is 73.9 Å². The quantitative estimate of drug-likeness (QED) is 0.547. The largest absolute Gasteiger partial charge is 0.497 e. The van der Waals surface area contributed by atoms with E-state index < -0.39 is 18.5 Å². The molecule has 2 rings (SSSR count). The first kappa shape index (κ1) is 20.6. The van der Waals surface area contributed by atoms with Gasteiger partial charge in [0.25, 0.3) is 5.91 Å². The molecule has 27 heavy (non-hydrogen) atoms. The summed E-state index contributed by atoms with van der Waals surface area (Å²) in [7, 11) is 3.05. The van der Waals surface area contributed by atoms with Crippen LogP contribution in [0, 0.1) is 0 Å². The zero-order chi connectivity index (χ0) is 19.8. The maximum absolute atomic E-state index is 11.9. The van der Waals surface area contributed by atoms with Crippen LogP contribution in [0.2, 0.25) is 10.0 Å². The normalized spacial score (nSPS) is 10.5. The van der Waals surface area contributed by atoms with Crippen molar-refractivity contribution in [2.75, 3.05) is 26.1 Å². The number of rotatable bonds is 7. The Morgan fingerprint density at radius 2 is 1.85 bits per heavy atom. The molecule has 8 heteroatoms. The number of amides is 1. The highest BCUT2D eigenvalue weighted by molar-refractivity contribution is 6.35. The zero-order valence-corrected chi connectivity index (χ0v) is 16.1. The van der Waals surface area contributed by atoms with Gasteiger partial charge in [0.05, 0.1) is 24.9 Å². The van der Waals surface area contributed by atoms with Crippen LogP contribution in [0.25, 0.3) is 6.08 Å². The van der Waals surface area contributed by atoms with Gasteiger partial charge in [0.1, 0.15) is 11.5 Å². The number of ether oxygens (including phenoxy) is 3. The number of halogens is 2. The lowest BCUT2D eigenvalue weighted by atomic mass is 10.2. The Kier molecular flexibility index (Phi) is 7.52. The number of benzene rings is 2. The van der Waals surface area contributed by atoms with E-state index in [0.717, 1.165) is 0 Å². The van der Waals surface area contributed by atoms with Gasteiger partial charge >= 0.3 is 5.97 Å². The summed E-state index contributed by atoms with van der Waals surface area (Å²) in [5, 5.41) is 3.26. The van der Waals surface area contributed by atoms with E-state index in [2.05, 4.69) is 5.32 Å². The van der Waals surface area contributed by atoms with Gasteiger partial charge < -0.3 is 19.5 Å². The molecule has 1 N–H and O–H groups in total. The van der Waals surface area contributed by atoms with Crippen molar-refractivity contribution in [1.82, 2.24) is 0 Å². The minimum absolute atomic E-state index is 0.325. The Labute approximate surface area is 166 Å². The molecular weight excluding hydrogens is 393 g/mol. The van der Waals surface area contributed by atoms with Crippen LogP contribution in [0.3, 0.4) is 0 Å². The van der Waals surface area contributed by atoms with E-state index in [-0.39, 0.29) is 0 Å². The molecule has 2 aromatic rings. The Morgan fingerprint density at radius 3 is 2.56 bits per heavy atom. The highest BCUT2D eigenvalue weighted by Crippen LogP contribution is 2.26. The highest BCUT2D eigenvalue weighted by atomic mass is 35.5. The van der Waals surface area contributed by atoms with Gasteiger partial charge in [-0.25, -0.2) is 4.79 Å². The first-order valence-corrected chi connectivity index (χ1v) is 8.50. The van der Waals surface area contributed by atoms with Gasteiger partial charge in [0.15, 0.2) is 6.61 Å². The number of nitrogens with one attached hydrogen (secondary N) is 1. The number of carbonyl (C=O) groups is 2. The van der Waals surface area contributed by atoms with Crippen LogP contribution in [0.4, 0.5) is 5.69 Å². The lowest BCUT2D eigenvalue weighted by Gasteiger charge is -2.08. The van der Waals surface area contributed by atoms with E-state index in [4.69, 9.17) is 37.4 Å². The summed E-state index contributed by atoms with van der Waals surface area (Å²) in [5.41, 5.74) is 0.995. The fourth-order valence-electron chi connectivity index (χ4n) is 2.08. The van der Waals surface area contributed by atoms with Crippen molar-refractivity contribution < 1.29 is 23.8 Å². The van der Waals surface area contributed by atoms with E-state index in [9.17, 15) is 9.59 Å². The summed E-state index contributed by atoms with van der Waals surface area (Å²) in [6.45, 7) is -0.467. The van der Waals surface area contributed by atoms with Gasteiger partial charge in [0.2, 0.25) is 0 Å². The second-order valence-corrected chi connectivity index (χ2v) is 6.06. The third-order valence-electron chi connectivity index (χ3n) is 3.39. The van der Waals surface area contributed by atoms with Crippen LogP contribution in [0.1, 0.15) is 5.56 Å². The number of methoxy groups -OCH3 is 2. The summed E-state index contributed by atoms with van der Waals surface area (Å²) < 4.78 is 15.3. The predicted molar refractivity (Wildman–Crippen MR) is 105 cm³/mol. The van der Waals surface area contributed by atoms with Gasteiger partial charge in [-0.05, 0) is 36.4 Å². The Hall–Kier alpha value is -2.70. The van der Waals surface area contributed by atoms with Crippen molar-refractivity contribution in [1.29, 1.82) is 0 Å². The molecule has 0 unspecified atom stereocenters. The summed E-state index contributed by atoms with van der Waals surface area (Å²) in [4.78, 5) is 23.7. The molecule has 0 bridgehead atoms. The Balaban J connectivity index is 1.91. The van der Waals surface area contributed by atoms with Crippen LogP contribution in [-0.4, -0.2) is 32.7 Å². The van der Waals surface area contributed by atoms with Gasteiger partial charge in [-0.15, -0.1) is 0 Å². The Bertz CT molecular complexity index is 867. The maximum atomic E-state index is 11.9. The van der Waals surface area contributed by atoms with E-state index in [1.165, 1.54) is 25.3 Å². The summed E-state index contributed by atoms with van der Waals surface area (Å²) in [5.74, 6) is -0.0576. The molecule has 0 fully saturated rings. The third kappa shape index (κ3) is 6.20. The first-order valence-electron chi connectivity index (χ1n) is 7.74. The van der Waals surface area contributed by atoms with E-state index >= 15 is 0 Å². The zero-order valence-electron chi connectivity index (χ0n) is 14.6. The molecule has 0 aliphatic rings. The molecule has 1 amide bonds. The van der Waals surface area contributed by atoms with Crippen LogP contribution in [0.15, 0.2) is 42.5 Å². The lowest BCUT2D eigenvalue weighted by Crippen LogP contribution is -2.20. The molecule has 142 valence electrons. The first-order chi connectivity index (χ1) is 12.9. The average Bonchev–Trinajstić information content (AvgIpc) is 2.67. The van der Waals surface area contributed by atoms with Gasteiger partial charge in [-0.1, -0.05) is 23.2 Å². The number of anilines is 1. The Morgan fingerprint density at radius 1 is 1.07 bits per heavy atom. The van der Waals surface area contributed by atoms with Crippen molar-refractivity contribution in [3.05, 3.63) is 58.1 Å². The second-order valence-electron chi connectivity index (χ2n) is 5.22. The smallest absolute Gasteiger partial charge is 0.331 e. The molecule has 2 aromatic carbocycles. The molecule has 0 aliphatic carbocycles. The predicted octanol–water partition coefficient (Wildman–Crippen LogP) is 4.21. The van der Waals surface area contributed by atoms with E-state index in [0.29, 0.717) is 32.8 Å². The van der Waals surface area contributed by atoms with Gasteiger partial charge in [-0.2, -0.15) is 0 Å². The molecule has 6 nitrogen and oxygen atoms in total. The standard InChI is InChI=1S/C19H17Cl2NO5/c1-25-14-6-3-12(17(10-14)26-2)4-8-19(24)27-11-18(23)22-16-9-13(20)5-7-15(16)21/h3-10H,11H2,1-2H3,(H,22,23). The van der Waals surface area contributed by atoms with Gasteiger partial charge in [0, 0.05) is 22.7 Å². The number of carbonyl (C=O) groups excluding carboxylic acids is 2. The SMILES string of the molecule is COc1ccc(C=CC(=O)OCC(=O)Nc2cc(Cl)ccc2Cl)c(OC)c1. The fourth-order valence-corrected chi connectivity index (χ4v) is 2.42. The molecule has 0 radical (unpaired) electrons. The van der Waals surface area contributed by atoms with Crippen LogP contribution in [-0.2, 0) is 14.3 Å². The van der Waals surface area contributed by atoms with Crippen molar-refractivity contribution in [2.45, 2.75) is 0 Å². The highest BCUT2D eigenvalue weighted by Gasteiger charge is 2.09.